The van der Waals surface area contributed by atoms with E-state index in [9.17, 15) is 0 Å². The van der Waals surface area contributed by atoms with E-state index in [0.717, 1.165) is 12.5 Å². The topological polar surface area (TPSA) is 32.5 Å². The van der Waals surface area contributed by atoms with E-state index in [-0.39, 0.29) is 0 Å². The van der Waals surface area contributed by atoms with Crippen molar-refractivity contribution in [2.75, 3.05) is 45.8 Å². The van der Waals surface area contributed by atoms with E-state index < -0.39 is 0 Å². The molecular formula is C17H35N3. The molecule has 3 heteroatoms. The number of nitrogens with zero attached hydrogens (tertiary/aromatic N) is 2. The van der Waals surface area contributed by atoms with Gasteiger partial charge in [0.1, 0.15) is 0 Å². The van der Waals surface area contributed by atoms with Crippen LogP contribution in [-0.4, -0.2) is 55.6 Å². The van der Waals surface area contributed by atoms with Crippen molar-refractivity contribution in [2.24, 2.45) is 17.1 Å². The van der Waals surface area contributed by atoms with Crippen LogP contribution in [0.4, 0.5) is 0 Å². The summed E-state index contributed by atoms with van der Waals surface area (Å²) in [7, 11) is 0. The summed E-state index contributed by atoms with van der Waals surface area (Å²) in [5.74, 6) is 0.963. The van der Waals surface area contributed by atoms with Crippen LogP contribution in [0.1, 0.15) is 52.4 Å². The maximum Gasteiger partial charge on any atom is 0.00106 e. The van der Waals surface area contributed by atoms with Gasteiger partial charge in [-0.15, -0.1) is 0 Å². The standard InChI is InChI=1S/C17H35N3/c1-17(2,15-18)8-5-11-19-12-6-16(7-13-19)14-20-9-3-4-10-20/h16H,3-15,18H2,1-2H3. The fourth-order valence-electron chi connectivity index (χ4n) is 3.61. The molecule has 0 radical (unpaired) electrons. The minimum atomic E-state index is 0.327. The predicted molar refractivity (Wildman–Crippen MR) is 86.9 cm³/mol. The Bertz CT molecular complexity index is 263. The third-order valence-corrected chi connectivity index (χ3v) is 5.30. The van der Waals surface area contributed by atoms with Crippen molar-refractivity contribution in [1.82, 2.24) is 9.80 Å². The van der Waals surface area contributed by atoms with E-state index >= 15 is 0 Å². The summed E-state index contributed by atoms with van der Waals surface area (Å²) in [6.45, 7) is 13.4. The summed E-state index contributed by atoms with van der Waals surface area (Å²) in [6.07, 6.45) is 8.25. The average molecular weight is 281 g/mol. The second-order valence-corrected chi connectivity index (χ2v) is 7.76. The van der Waals surface area contributed by atoms with Gasteiger partial charge in [0.2, 0.25) is 0 Å². The molecule has 0 aromatic rings. The second-order valence-electron chi connectivity index (χ2n) is 7.76. The lowest BCUT2D eigenvalue weighted by atomic mass is 9.88. The van der Waals surface area contributed by atoms with Crippen molar-refractivity contribution in [1.29, 1.82) is 0 Å². The molecule has 0 atom stereocenters. The monoisotopic (exact) mass is 281 g/mol. The molecule has 0 aliphatic carbocycles. The van der Waals surface area contributed by atoms with E-state index in [0.29, 0.717) is 5.41 Å². The van der Waals surface area contributed by atoms with Crippen LogP contribution in [0.25, 0.3) is 0 Å². The van der Waals surface area contributed by atoms with Crippen molar-refractivity contribution in [3.05, 3.63) is 0 Å². The number of hydrogen-bond donors (Lipinski definition) is 1. The van der Waals surface area contributed by atoms with Crippen LogP contribution in [0.2, 0.25) is 0 Å². The SMILES string of the molecule is CC(C)(CN)CCCN1CCC(CN2CCCC2)CC1. The first-order chi connectivity index (χ1) is 9.59. The van der Waals surface area contributed by atoms with E-state index in [1.807, 2.05) is 0 Å². The molecule has 0 aromatic heterocycles. The first-order valence-electron chi connectivity index (χ1n) is 8.74. The quantitative estimate of drug-likeness (QED) is 0.778. The first-order valence-corrected chi connectivity index (χ1v) is 8.74. The van der Waals surface area contributed by atoms with Gasteiger partial charge in [-0.2, -0.15) is 0 Å². The molecule has 0 aromatic carbocycles. The van der Waals surface area contributed by atoms with E-state index in [4.69, 9.17) is 5.73 Å². The number of hydrogen-bond acceptors (Lipinski definition) is 3. The zero-order valence-corrected chi connectivity index (χ0v) is 13.7. The van der Waals surface area contributed by atoms with Gasteiger partial charge in [-0.05, 0) is 89.1 Å². The molecule has 2 saturated heterocycles. The van der Waals surface area contributed by atoms with Crippen LogP contribution in [-0.2, 0) is 0 Å². The molecule has 2 fully saturated rings. The molecule has 0 saturated carbocycles. The minimum Gasteiger partial charge on any atom is -0.330 e. The van der Waals surface area contributed by atoms with Gasteiger partial charge in [-0.25, -0.2) is 0 Å². The van der Waals surface area contributed by atoms with Crippen molar-refractivity contribution in [3.8, 4) is 0 Å². The maximum atomic E-state index is 5.80. The van der Waals surface area contributed by atoms with E-state index in [1.54, 1.807) is 0 Å². The summed E-state index contributed by atoms with van der Waals surface area (Å²) >= 11 is 0. The Morgan fingerprint density at radius 2 is 1.65 bits per heavy atom. The largest absolute Gasteiger partial charge is 0.330 e. The molecule has 2 heterocycles. The summed E-state index contributed by atoms with van der Waals surface area (Å²) in [6, 6.07) is 0. The van der Waals surface area contributed by atoms with E-state index in [2.05, 4.69) is 23.6 Å². The van der Waals surface area contributed by atoms with Crippen molar-refractivity contribution in [3.63, 3.8) is 0 Å². The van der Waals surface area contributed by atoms with Crippen LogP contribution >= 0.6 is 0 Å². The van der Waals surface area contributed by atoms with Crippen molar-refractivity contribution in [2.45, 2.75) is 52.4 Å². The third kappa shape index (κ3) is 5.34. The molecule has 20 heavy (non-hydrogen) atoms. The molecule has 0 unspecified atom stereocenters. The highest BCUT2D eigenvalue weighted by Gasteiger charge is 2.23. The van der Waals surface area contributed by atoms with E-state index in [1.165, 1.54) is 77.8 Å². The lowest BCUT2D eigenvalue weighted by Crippen LogP contribution is -2.38. The Labute approximate surface area is 125 Å². The minimum absolute atomic E-state index is 0.327. The predicted octanol–water partition coefficient (Wildman–Crippen LogP) is 2.56. The smallest absolute Gasteiger partial charge is 0.00106 e. The summed E-state index contributed by atoms with van der Waals surface area (Å²) in [5.41, 5.74) is 6.13. The molecule has 0 spiro atoms. The van der Waals surface area contributed by atoms with Crippen molar-refractivity contribution >= 4 is 0 Å². The first kappa shape index (κ1) is 16.3. The Kier molecular flexibility index (Phi) is 6.31. The molecule has 0 amide bonds. The van der Waals surface area contributed by atoms with Crippen LogP contribution in [0.3, 0.4) is 0 Å². The zero-order chi connectivity index (χ0) is 14.4. The Morgan fingerprint density at radius 1 is 1.00 bits per heavy atom. The number of nitrogens with two attached hydrogens (primary N) is 1. The molecule has 2 aliphatic heterocycles. The van der Waals surface area contributed by atoms with Crippen LogP contribution in [0.5, 0.6) is 0 Å². The fourth-order valence-corrected chi connectivity index (χ4v) is 3.61. The van der Waals surface area contributed by atoms with Gasteiger partial charge in [0.25, 0.3) is 0 Å². The number of piperidine rings is 1. The highest BCUT2D eigenvalue weighted by Crippen LogP contribution is 2.23. The van der Waals surface area contributed by atoms with Gasteiger partial charge in [0, 0.05) is 6.54 Å². The normalized spacial score (nSPS) is 23.6. The van der Waals surface area contributed by atoms with Crippen LogP contribution in [0, 0.1) is 11.3 Å². The summed E-state index contributed by atoms with van der Waals surface area (Å²) in [5, 5.41) is 0. The van der Waals surface area contributed by atoms with Crippen LogP contribution < -0.4 is 5.73 Å². The maximum absolute atomic E-state index is 5.80. The molecular weight excluding hydrogens is 246 g/mol. The van der Waals surface area contributed by atoms with Gasteiger partial charge in [-0.1, -0.05) is 13.8 Å². The average Bonchev–Trinajstić information content (AvgIpc) is 2.94. The van der Waals surface area contributed by atoms with Gasteiger partial charge < -0.3 is 15.5 Å². The summed E-state index contributed by atoms with van der Waals surface area (Å²) < 4.78 is 0. The highest BCUT2D eigenvalue weighted by molar-refractivity contribution is 4.78. The lowest BCUT2D eigenvalue weighted by molar-refractivity contribution is 0.148. The lowest BCUT2D eigenvalue weighted by Gasteiger charge is -2.34. The highest BCUT2D eigenvalue weighted by atomic mass is 15.2. The molecule has 2 rings (SSSR count). The van der Waals surface area contributed by atoms with Crippen LogP contribution in [0.15, 0.2) is 0 Å². The second kappa shape index (κ2) is 7.77. The Balaban J connectivity index is 1.57. The third-order valence-electron chi connectivity index (χ3n) is 5.30. The Morgan fingerprint density at radius 3 is 2.25 bits per heavy atom. The Hall–Kier alpha value is -0.120. The van der Waals surface area contributed by atoms with Gasteiger partial charge in [0.05, 0.1) is 0 Å². The number of likely N-dealkylation sites (tertiary alicyclic amines) is 2. The summed E-state index contributed by atoms with van der Waals surface area (Å²) in [4.78, 5) is 5.36. The number of rotatable bonds is 7. The van der Waals surface area contributed by atoms with Gasteiger partial charge >= 0.3 is 0 Å². The van der Waals surface area contributed by atoms with Gasteiger partial charge in [-0.3, -0.25) is 0 Å². The molecule has 3 nitrogen and oxygen atoms in total. The molecule has 0 bridgehead atoms. The van der Waals surface area contributed by atoms with Gasteiger partial charge in [0.15, 0.2) is 0 Å². The van der Waals surface area contributed by atoms with Crippen molar-refractivity contribution < 1.29 is 0 Å². The molecule has 118 valence electrons. The fraction of sp³-hybridized carbons (Fsp3) is 1.00. The molecule has 2 aliphatic rings. The molecule has 2 N–H and O–H groups in total. The zero-order valence-electron chi connectivity index (χ0n) is 13.7.